The number of benzene rings is 2. The molecule has 3 rings (SSSR count). The van der Waals surface area contributed by atoms with E-state index in [2.05, 4.69) is 0 Å². The maximum atomic E-state index is 12.9. The number of aliphatic carboxylic acids is 1. The number of phenols is 1. The Bertz CT molecular complexity index is 895. The van der Waals surface area contributed by atoms with Crippen LogP contribution >= 0.6 is 24.0 Å². The Morgan fingerprint density at radius 3 is 2.58 bits per heavy atom. The van der Waals surface area contributed by atoms with Gasteiger partial charge in [0.05, 0.1) is 17.4 Å². The first-order valence-electron chi connectivity index (χ1n) is 7.78. The van der Waals surface area contributed by atoms with Gasteiger partial charge in [-0.15, -0.1) is 0 Å². The van der Waals surface area contributed by atoms with Crippen molar-refractivity contribution in [2.75, 3.05) is 0 Å². The summed E-state index contributed by atoms with van der Waals surface area (Å²) in [5.74, 6) is -1.24. The van der Waals surface area contributed by atoms with Crippen LogP contribution < -0.4 is 0 Å². The first-order chi connectivity index (χ1) is 12.5. The fraction of sp³-hybridized carbons (Fsp3) is 0.105. The molecule has 1 aliphatic heterocycles. The maximum absolute atomic E-state index is 12.9. The molecule has 2 N–H and O–H groups in total. The largest absolute Gasteiger partial charge is 0.508 e. The number of thioether (sulfide) groups is 1. The molecule has 0 aromatic heterocycles. The summed E-state index contributed by atoms with van der Waals surface area (Å²) in [6, 6.07) is 14.8. The summed E-state index contributed by atoms with van der Waals surface area (Å²) in [7, 11) is 0. The van der Waals surface area contributed by atoms with E-state index in [4.69, 9.17) is 12.2 Å². The molecular weight excluding hydrogens is 370 g/mol. The highest BCUT2D eigenvalue weighted by atomic mass is 32.2. The Morgan fingerprint density at radius 2 is 1.92 bits per heavy atom. The third kappa shape index (κ3) is 3.95. The second-order valence-corrected chi connectivity index (χ2v) is 7.35. The monoisotopic (exact) mass is 385 g/mol. The molecule has 132 valence electrons. The lowest BCUT2D eigenvalue weighted by Crippen LogP contribution is -2.34. The van der Waals surface area contributed by atoms with Crippen molar-refractivity contribution < 1.29 is 19.8 Å². The van der Waals surface area contributed by atoms with Crippen molar-refractivity contribution in [1.29, 1.82) is 0 Å². The van der Waals surface area contributed by atoms with Gasteiger partial charge in [-0.05, 0) is 29.3 Å². The lowest BCUT2D eigenvalue weighted by molar-refractivity contribution is -0.138. The van der Waals surface area contributed by atoms with E-state index in [0.717, 1.165) is 11.8 Å². The van der Waals surface area contributed by atoms with Gasteiger partial charge >= 0.3 is 5.97 Å². The number of aromatic hydroxyl groups is 1. The number of carboxylic acids is 1. The van der Waals surface area contributed by atoms with Gasteiger partial charge in [0, 0.05) is 0 Å². The molecule has 26 heavy (non-hydrogen) atoms. The van der Waals surface area contributed by atoms with Gasteiger partial charge in [0.2, 0.25) is 0 Å². The van der Waals surface area contributed by atoms with Crippen LogP contribution in [-0.4, -0.2) is 31.3 Å². The highest BCUT2D eigenvalue weighted by Gasteiger charge is 2.38. The SMILES string of the molecule is O=C(O)CC(c1ccccc1)N1C(=O)C(=Cc2cccc(O)c2)SC1=S. The molecule has 1 unspecified atom stereocenters. The van der Waals surface area contributed by atoms with Gasteiger partial charge in [-0.2, -0.15) is 0 Å². The van der Waals surface area contributed by atoms with Crippen molar-refractivity contribution in [3.05, 3.63) is 70.6 Å². The van der Waals surface area contributed by atoms with Crippen LogP contribution in [-0.2, 0) is 9.59 Å². The fourth-order valence-corrected chi connectivity index (χ4v) is 4.07. The summed E-state index contributed by atoms with van der Waals surface area (Å²) < 4.78 is 0.316. The van der Waals surface area contributed by atoms with Crippen molar-refractivity contribution in [2.45, 2.75) is 12.5 Å². The Balaban J connectivity index is 1.95. The topological polar surface area (TPSA) is 77.8 Å². The lowest BCUT2D eigenvalue weighted by atomic mass is 10.0. The Kier molecular flexibility index (Phi) is 5.39. The predicted octanol–water partition coefficient (Wildman–Crippen LogP) is 3.81. The molecule has 2 aromatic rings. The third-order valence-electron chi connectivity index (χ3n) is 3.86. The van der Waals surface area contributed by atoms with Crippen molar-refractivity contribution in [2.24, 2.45) is 0 Å². The normalized spacial score (nSPS) is 16.9. The van der Waals surface area contributed by atoms with Crippen LogP contribution in [0.2, 0.25) is 0 Å². The standard InChI is InChI=1S/C19H15NO4S2/c21-14-8-4-5-12(9-14)10-16-18(24)20(19(25)26-16)15(11-17(22)23)13-6-2-1-3-7-13/h1-10,15,21H,11H2,(H,22,23). The molecule has 0 aliphatic carbocycles. The van der Waals surface area contributed by atoms with Gasteiger partial charge in [0.15, 0.2) is 0 Å². The van der Waals surface area contributed by atoms with E-state index in [1.54, 1.807) is 54.6 Å². The van der Waals surface area contributed by atoms with Crippen LogP contribution in [0.25, 0.3) is 6.08 Å². The molecule has 2 aromatic carbocycles. The zero-order chi connectivity index (χ0) is 18.7. The molecule has 7 heteroatoms. The molecule has 0 saturated carbocycles. The Hall–Kier alpha value is -2.64. The molecule has 5 nitrogen and oxygen atoms in total. The maximum Gasteiger partial charge on any atom is 0.305 e. The van der Waals surface area contributed by atoms with Crippen LogP contribution in [0.5, 0.6) is 5.75 Å². The second-order valence-electron chi connectivity index (χ2n) is 5.67. The number of carbonyl (C=O) groups is 2. The quantitative estimate of drug-likeness (QED) is 0.602. The highest BCUT2D eigenvalue weighted by Crippen LogP contribution is 2.39. The first-order valence-corrected chi connectivity index (χ1v) is 9.01. The van der Waals surface area contributed by atoms with Crippen LogP contribution in [0.4, 0.5) is 0 Å². The minimum absolute atomic E-state index is 0.0993. The smallest absolute Gasteiger partial charge is 0.305 e. The molecule has 0 spiro atoms. The molecule has 0 radical (unpaired) electrons. The number of hydrogen-bond acceptors (Lipinski definition) is 5. The van der Waals surface area contributed by atoms with Gasteiger partial charge in [-0.25, -0.2) is 0 Å². The zero-order valence-electron chi connectivity index (χ0n) is 13.5. The number of carbonyl (C=O) groups excluding carboxylic acids is 1. The first kappa shape index (κ1) is 18.2. The second kappa shape index (κ2) is 7.72. The van der Waals surface area contributed by atoms with Crippen molar-refractivity contribution in [3.63, 3.8) is 0 Å². The zero-order valence-corrected chi connectivity index (χ0v) is 15.2. The van der Waals surface area contributed by atoms with E-state index in [9.17, 15) is 19.8 Å². The Morgan fingerprint density at radius 1 is 1.19 bits per heavy atom. The van der Waals surface area contributed by atoms with E-state index in [-0.39, 0.29) is 18.1 Å². The van der Waals surface area contributed by atoms with Crippen molar-refractivity contribution in [1.82, 2.24) is 4.90 Å². The van der Waals surface area contributed by atoms with E-state index in [0.29, 0.717) is 20.4 Å². The Labute approximate surface area is 160 Å². The number of thiocarbonyl (C=S) groups is 1. The summed E-state index contributed by atoms with van der Waals surface area (Å²) in [5.41, 5.74) is 1.38. The number of nitrogens with zero attached hydrogens (tertiary/aromatic N) is 1. The van der Waals surface area contributed by atoms with Crippen molar-refractivity contribution >= 4 is 46.3 Å². The van der Waals surface area contributed by atoms with Gasteiger partial charge in [0.1, 0.15) is 10.1 Å². The average Bonchev–Trinajstić information content (AvgIpc) is 2.87. The average molecular weight is 385 g/mol. The van der Waals surface area contributed by atoms with E-state index in [1.807, 2.05) is 6.07 Å². The van der Waals surface area contributed by atoms with Crippen LogP contribution in [0, 0.1) is 0 Å². The number of rotatable bonds is 5. The number of phenolic OH excluding ortho intramolecular Hbond substituents is 1. The molecule has 1 fully saturated rings. The van der Waals surface area contributed by atoms with Gasteiger partial charge in [0.25, 0.3) is 5.91 Å². The van der Waals surface area contributed by atoms with Crippen LogP contribution in [0.15, 0.2) is 59.5 Å². The summed E-state index contributed by atoms with van der Waals surface area (Å²) >= 11 is 6.48. The van der Waals surface area contributed by atoms with Gasteiger partial charge in [-0.3, -0.25) is 14.5 Å². The predicted molar refractivity (Wildman–Crippen MR) is 105 cm³/mol. The molecule has 0 bridgehead atoms. The summed E-state index contributed by atoms with van der Waals surface area (Å²) in [6.45, 7) is 0. The summed E-state index contributed by atoms with van der Waals surface area (Å²) in [4.78, 5) is 26.0. The van der Waals surface area contributed by atoms with Gasteiger partial charge < -0.3 is 10.2 Å². The number of carboxylic acid groups (broad SMARTS) is 1. The van der Waals surface area contributed by atoms with Gasteiger partial charge in [-0.1, -0.05) is 66.4 Å². The molecular formula is C19H15NO4S2. The van der Waals surface area contributed by atoms with Crippen molar-refractivity contribution in [3.8, 4) is 5.75 Å². The van der Waals surface area contributed by atoms with E-state index >= 15 is 0 Å². The molecule has 1 atom stereocenters. The lowest BCUT2D eigenvalue weighted by Gasteiger charge is -2.26. The summed E-state index contributed by atoms with van der Waals surface area (Å²) in [6.07, 6.45) is 1.40. The summed E-state index contributed by atoms with van der Waals surface area (Å²) in [5, 5.41) is 18.8. The molecule has 1 amide bonds. The number of hydrogen-bond donors (Lipinski definition) is 2. The highest BCUT2D eigenvalue weighted by molar-refractivity contribution is 8.26. The number of amides is 1. The minimum Gasteiger partial charge on any atom is -0.508 e. The minimum atomic E-state index is -1.01. The van der Waals surface area contributed by atoms with E-state index < -0.39 is 12.0 Å². The van der Waals surface area contributed by atoms with Crippen LogP contribution in [0.1, 0.15) is 23.6 Å². The molecule has 1 saturated heterocycles. The van der Waals surface area contributed by atoms with E-state index in [1.165, 1.54) is 4.90 Å². The molecule has 1 heterocycles. The van der Waals surface area contributed by atoms with Crippen LogP contribution in [0.3, 0.4) is 0 Å². The molecule has 1 aliphatic rings. The fourth-order valence-electron chi connectivity index (χ4n) is 2.71. The third-order valence-corrected chi connectivity index (χ3v) is 5.19.